The normalized spacial score (nSPS) is 17.0. The number of nitrogens with zero attached hydrogens (tertiary/aromatic N) is 1. The van der Waals surface area contributed by atoms with Crippen molar-refractivity contribution in [1.29, 1.82) is 0 Å². The monoisotopic (exact) mass is 471 g/mol. The van der Waals surface area contributed by atoms with E-state index in [1.54, 1.807) is 32.4 Å². The minimum absolute atomic E-state index is 0.0845. The van der Waals surface area contributed by atoms with Gasteiger partial charge < -0.3 is 19.5 Å². The lowest BCUT2D eigenvalue weighted by Crippen LogP contribution is -2.31. The largest absolute Gasteiger partial charge is 0.507 e. The average Bonchev–Trinajstić information content (AvgIpc) is 3.13. The molecule has 1 unspecified atom stereocenters. The van der Waals surface area contributed by atoms with Crippen LogP contribution in [-0.4, -0.2) is 42.5 Å². The third-order valence-electron chi connectivity index (χ3n) is 6.53. The maximum atomic E-state index is 13.3. The van der Waals surface area contributed by atoms with Crippen molar-refractivity contribution >= 4 is 17.4 Å². The number of ketones is 1. The highest BCUT2D eigenvalue weighted by molar-refractivity contribution is 6.46. The van der Waals surface area contributed by atoms with Crippen LogP contribution in [0.5, 0.6) is 11.5 Å². The molecule has 1 saturated heterocycles. The Kier molecular flexibility index (Phi) is 6.92. The lowest BCUT2D eigenvalue weighted by molar-refractivity contribution is -0.139. The molecule has 0 bridgehead atoms. The van der Waals surface area contributed by atoms with Crippen LogP contribution in [0, 0.1) is 13.8 Å². The number of carbonyl (C=O) groups is 2. The molecule has 3 aromatic carbocycles. The number of benzene rings is 3. The summed E-state index contributed by atoms with van der Waals surface area (Å²) < 4.78 is 10.6. The van der Waals surface area contributed by atoms with Crippen molar-refractivity contribution in [3.8, 4) is 11.5 Å². The fraction of sp³-hybridized carbons (Fsp3) is 0.241. The van der Waals surface area contributed by atoms with Gasteiger partial charge in [-0.25, -0.2) is 0 Å². The Balaban J connectivity index is 1.77. The molecule has 1 atom stereocenters. The predicted molar refractivity (Wildman–Crippen MR) is 135 cm³/mol. The van der Waals surface area contributed by atoms with Crippen molar-refractivity contribution in [3.63, 3.8) is 0 Å². The van der Waals surface area contributed by atoms with Crippen LogP contribution in [0.15, 0.2) is 72.3 Å². The van der Waals surface area contributed by atoms with Gasteiger partial charge in [-0.05, 0) is 72.9 Å². The number of aliphatic hydroxyl groups excluding tert-OH is 1. The maximum absolute atomic E-state index is 13.3. The number of hydrogen-bond donors (Lipinski definition) is 1. The number of rotatable bonds is 7. The van der Waals surface area contributed by atoms with E-state index in [-0.39, 0.29) is 11.3 Å². The summed E-state index contributed by atoms with van der Waals surface area (Å²) in [6, 6.07) is 19.6. The molecule has 1 N–H and O–H groups in total. The van der Waals surface area contributed by atoms with Crippen molar-refractivity contribution in [2.75, 3.05) is 20.8 Å². The lowest BCUT2D eigenvalue weighted by atomic mass is 9.94. The third-order valence-corrected chi connectivity index (χ3v) is 6.53. The highest BCUT2D eigenvalue weighted by Crippen LogP contribution is 2.40. The van der Waals surface area contributed by atoms with E-state index in [1.807, 2.05) is 62.4 Å². The average molecular weight is 472 g/mol. The summed E-state index contributed by atoms with van der Waals surface area (Å²) in [5, 5.41) is 11.3. The predicted octanol–water partition coefficient (Wildman–Crippen LogP) is 4.99. The van der Waals surface area contributed by atoms with Gasteiger partial charge >= 0.3 is 0 Å². The summed E-state index contributed by atoms with van der Waals surface area (Å²) in [7, 11) is 3.17. The first-order chi connectivity index (χ1) is 16.8. The summed E-state index contributed by atoms with van der Waals surface area (Å²) in [5.41, 5.74) is 4.36. The molecule has 1 fully saturated rings. The minimum atomic E-state index is -0.732. The quantitative estimate of drug-likeness (QED) is 0.299. The summed E-state index contributed by atoms with van der Waals surface area (Å²) in [4.78, 5) is 28.0. The van der Waals surface area contributed by atoms with E-state index in [1.165, 1.54) is 4.90 Å². The number of methoxy groups -OCH3 is 2. The highest BCUT2D eigenvalue weighted by atomic mass is 16.5. The molecule has 1 aliphatic heterocycles. The number of aliphatic hydroxyl groups is 1. The van der Waals surface area contributed by atoms with E-state index in [0.717, 1.165) is 22.4 Å². The number of likely N-dealkylation sites (tertiary alicyclic amines) is 1. The van der Waals surface area contributed by atoms with E-state index in [0.29, 0.717) is 29.8 Å². The molecule has 0 radical (unpaired) electrons. The molecular weight excluding hydrogens is 442 g/mol. The van der Waals surface area contributed by atoms with Gasteiger partial charge in [0.15, 0.2) is 0 Å². The van der Waals surface area contributed by atoms with Crippen LogP contribution in [0.4, 0.5) is 0 Å². The Morgan fingerprint density at radius 3 is 2.26 bits per heavy atom. The molecule has 180 valence electrons. The van der Waals surface area contributed by atoms with Gasteiger partial charge in [0.25, 0.3) is 11.7 Å². The van der Waals surface area contributed by atoms with Gasteiger partial charge in [-0.15, -0.1) is 0 Å². The number of aryl methyl sites for hydroxylation is 2. The number of ether oxygens (including phenoxy) is 2. The Morgan fingerprint density at radius 2 is 1.60 bits per heavy atom. The molecule has 4 rings (SSSR count). The van der Waals surface area contributed by atoms with Crippen molar-refractivity contribution in [2.45, 2.75) is 26.3 Å². The zero-order chi connectivity index (χ0) is 25.1. The Morgan fingerprint density at radius 1 is 0.886 bits per heavy atom. The van der Waals surface area contributed by atoms with Crippen LogP contribution >= 0.6 is 0 Å². The molecule has 0 aromatic heterocycles. The molecule has 0 saturated carbocycles. The van der Waals surface area contributed by atoms with E-state index in [9.17, 15) is 14.7 Å². The Bertz CT molecular complexity index is 1290. The molecule has 1 aliphatic rings. The fourth-order valence-electron chi connectivity index (χ4n) is 4.35. The summed E-state index contributed by atoms with van der Waals surface area (Å²) in [6.45, 7) is 4.23. The molecule has 0 spiro atoms. The van der Waals surface area contributed by atoms with Gasteiger partial charge in [0, 0.05) is 12.1 Å². The maximum Gasteiger partial charge on any atom is 0.295 e. The van der Waals surface area contributed by atoms with Crippen molar-refractivity contribution in [2.24, 2.45) is 0 Å². The first-order valence-electron chi connectivity index (χ1n) is 11.5. The number of amides is 1. The number of carbonyl (C=O) groups excluding carboxylic acids is 2. The van der Waals surface area contributed by atoms with E-state index >= 15 is 0 Å². The Labute approximate surface area is 205 Å². The number of hydrogen-bond acceptors (Lipinski definition) is 5. The zero-order valence-electron chi connectivity index (χ0n) is 20.4. The Hall–Kier alpha value is -4.06. The van der Waals surface area contributed by atoms with E-state index in [4.69, 9.17) is 9.47 Å². The highest BCUT2D eigenvalue weighted by Gasteiger charge is 2.46. The second-order valence-corrected chi connectivity index (χ2v) is 8.67. The van der Waals surface area contributed by atoms with Crippen LogP contribution < -0.4 is 9.47 Å². The first kappa shape index (κ1) is 24.1. The van der Waals surface area contributed by atoms with Crippen LogP contribution in [0.3, 0.4) is 0 Å². The van der Waals surface area contributed by atoms with Gasteiger partial charge in [0.2, 0.25) is 0 Å². The van der Waals surface area contributed by atoms with Crippen LogP contribution in [0.2, 0.25) is 0 Å². The molecule has 1 amide bonds. The first-order valence-corrected chi connectivity index (χ1v) is 11.5. The van der Waals surface area contributed by atoms with Crippen molar-refractivity contribution in [1.82, 2.24) is 4.90 Å². The van der Waals surface area contributed by atoms with E-state index < -0.39 is 17.7 Å². The van der Waals surface area contributed by atoms with E-state index in [2.05, 4.69) is 0 Å². The molecule has 0 aliphatic carbocycles. The fourth-order valence-corrected chi connectivity index (χ4v) is 4.35. The molecular formula is C29H29NO5. The van der Waals surface area contributed by atoms with Gasteiger partial charge in [0.05, 0.1) is 25.8 Å². The van der Waals surface area contributed by atoms with Crippen LogP contribution in [-0.2, 0) is 16.0 Å². The molecule has 35 heavy (non-hydrogen) atoms. The van der Waals surface area contributed by atoms with Crippen LogP contribution in [0.1, 0.15) is 33.9 Å². The molecule has 6 nitrogen and oxygen atoms in total. The van der Waals surface area contributed by atoms with Crippen LogP contribution in [0.25, 0.3) is 5.76 Å². The van der Waals surface area contributed by atoms with Gasteiger partial charge in [-0.3, -0.25) is 9.59 Å². The second kappa shape index (κ2) is 10.1. The summed E-state index contributed by atoms with van der Waals surface area (Å²) in [6.07, 6.45) is 0.543. The third kappa shape index (κ3) is 4.78. The summed E-state index contributed by atoms with van der Waals surface area (Å²) >= 11 is 0. The SMILES string of the molecule is COc1ccc(CCN2C(=O)C(=O)/C(=C(\O)c3ccc(C)c(C)c3)C2c2cccc(OC)c2)cc1. The van der Waals surface area contributed by atoms with Gasteiger partial charge in [-0.2, -0.15) is 0 Å². The van der Waals surface area contributed by atoms with Crippen molar-refractivity contribution < 1.29 is 24.2 Å². The van der Waals surface area contributed by atoms with Gasteiger partial charge in [0.1, 0.15) is 17.3 Å². The smallest absolute Gasteiger partial charge is 0.295 e. The standard InChI is InChI=1S/C29H29NO5/c1-18-8-11-22(16-19(18)2)27(31)25-26(21-6-5-7-24(17-21)35-4)30(29(33)28(25)32)15-14-20-9-12-23(34-3)13-10-20/h5-13,16-17,26,31H,14-15H2,1-4H3/b27-25-. The van der Waals surface area contributed by atoms with Gasteiger partial charge in [-0.1, -0.05) is 36.4 Å². The molecule has 6 heteroatoms. The molecule has 3 aromatic rings. The summed E-state index contributed by atoms with van der Waals surface area (Å²) in [5.74, 6) is -0.139. The zero-order valence-corrected chi connectivity index (χ0v) is 20.4. The lowest BCUT2D eigenvalue weighted by Gasteiger charge is -2.25. The number of Topliss-reactive ketones (excluding diaryl/α,β-unsaturated/α-hetero) is 1. The topological polar surface area (TPSA) is 76.1 Å². The second-order valence-electron chi connectivity index (χ2n) is 8.67. The minimum Gasteiger partial charge on any atom is -0.507 e. The molecule has 1 heterocycles. The van der Waals surface area contributed by atoms with Crippen molar-refractivity contribution in [3.05, 3.63) is 100 Å².